The second-order valence-electron chi connectivity index (χ2n) is 6.95. The van der Waals surface area contributed by atoms with Crippen molar-refractivity contribution in [2.24, 2.45) is 0 Å². The number of thiazole rings is 1. The highest BCUT2D eigenvalue weighted by molar-refractivity contribution is 7.99. The number of benzene rings is 2. The van der Waals surface area contributed by atoms with Crippen LogP contribution in [-0.4, -0.2) is 22.7 Å². The van der Waals surface area contributed by atoms with Crippen LogP contribution < -0.4 is 10.1 Å². The maximum atomic E-state index is 12.4. The number of thioether (sulfide) groups is 1. The van der Waals surface area contributed by atoms with E-state index >= 15 is 0 Å². The van der Waals surface area contributed by atoms with Gasteiger partial charge < -0.3 is 10.1 Å². The molecule has 0 unspecified atom stereocenters. The van der Waals surface area contributed by atoms with Crippen LogP contribution in [0.4, 0.5) is 5.13 Å². The third-order valence-corrected chi connectivity index (χ3v) is 5.81. The molecule has 6 heteroatoms. The molecule has 1 aromatic heterocycles. The van der Waals surface area contributed by atoms with E-state index in [4.69, 9.17) is 4.74 Å². The van der Waals surface area contributed by atoms with Gasteiger partial charge in [-0.15, -0.1) is 23.1 Å². The average Bonchev–Trinajstić information content (AvgIpc) is 3.16. The van der Waals surface area contributed by atoms with Crippen LogP contribution in [0.3, 0.4) is 0 Å². The Balaban J connectivity index is 1.56. The molecule has 0 fully saturated rings. The molecule has 29 heavy (non-hydrogen) atoms. The normalized spacial score (nSPS) is 10.9. The van der Waals surface area contributed by atoms with E-state index in [9.17, 15) is 4.79 Å². The zero-order valence-electron chi connectivity index (χ0n) is 17.0. The van der Waals surface area contributed by atoms with Crippen molar-refractivity contribution < 1.29 is 9.53 Å². The van der Waals surface area contributed by atoms with E-state index in [0.29, 0.717) is 23.4 Å². The highest BCUT2D eigenvalue weighted by atomic mass is 32.2. The fraction of sp³-hybridized carbons (Fsp3) is 0.304. The first-order valence-electron chi connectivity index (χ1n) is 9.77. The maximum absolute atomic E-state index is 12.4. The Hall–Kier alpha value is -2.31. The molecule has 0 aliphatic heterocycles. The van der Waals surface area contributed by atoms with Crippen LogP contribution in [-0.2, 0) is 11.2 Å². The summed E-state index contributed by atoms with van der Waals surface area (Å²) in [6.45, 7) is 7.14. The Morgan fingerprint density at radius 1 is 1.14 bits per heavy atom. The predicted molar refractivity (Wildman–Crippen MR) is 123 cm³/mol. The van der Waals surface area contributed by atoms with Gasteiger partial charge in [0.05, 0.1) is 18.7 Å². The van der Waals surface area contributed by atoms with Crippen LogP contribution in [0.2, 0.25) is 0 Å². The fourth-order valence-electron chi connectivity index (χ4n) is 2.71. The molecule has 0 aliphatic carbocycles. The SMILES string of the molecule is CCCOc1ccc(-c2csc(NC(=O)Cc3ccc(SC(C)C)cc3)n2)cc1. The molecular weight excluding hydrogens is 400 g/mol. The van der Waals surface area contributed by atoms with Gasteiger partial charge in [0.2, 0.25) is 5.91 Å². The molecule has 2 aromatic carbocycles. The van der Waals surface area contributed by atoms with Gasteiger partial charge in [-0.05, 0) is 48.4 Å². The number of carbonyl (C=O) groups is 1. The monoisotopic (exact) mass is 426 g/mol. The Bertz CT molecular complexity index is 919. The standard InChI is InChI=1S/C23H26N2O2S2/c1-4-13-27-19-9-7-18(8-10-19)21-15-28-23(24-21)25-22(26)14-17-5-11-20(12-6-17)29-16(2)3/h5-12,15-16H,4,13-14H2,1-3H3,(H,24,25,26). The average molecular weight is 427 g/mol. The summed E-state index contributed by atoms with van der Waals surface area (Å²) in [6.07, 6.45) is 1.32. The Kier molecular flexibility index (Phi) is 7.72. The molecule has 1 N–H and O–H groups in total. The molecule has 1 amide bonds. The number of nitrogens with one attached hydrogen (secondary N) is 1. The van der Waals surface area contributed by atoms with Crippen LogP contribution in [0.15, 0.2) is 58.8 Å². The molecule has 3 rings (SSSR count). The second kappa shape index (κ2) is 10.5. The van der Waals surface area contributed by atoms with E-state index in [0.717, 1.165) is 29.0 Å². The van der Waals surface area contributed by atoms with Gasteiger partial charge in [-0.25, -0.2) is 4.98 Å². The number of rotatable bonds is 9. The predicted octanol–water partition coefficient (Wildman–Crippen LogP) is 6.28. The van der Waals surface area contributed by atoms with Crippen molar-refractivity contribution in [3.8, 4) is 17.0 Å². The van der Waals surface area contributed by atoms with Crippen molar-refractivity contribution >= 4 is 34.1 Å². The highest BCUT2D eigenvalue weighted by Gasteiger charge is 2.09. The topological polar surface area (TPSA) is 51.2 Å². The van der Waals surface area contributed by atoms with E-state index < -0.39 is 0 Å². The Morgan fingerprint density at radius 2 is 1.86 bits per heavy atom. The van der Waals surface area contributed by atoms with Crippen molar-refractivity contribution in [3.63, 3.8) is 0 Å². The molecule has 0 aliphatic rings. The molecule has 0 saturated carbocycles. The fourth-order valence-corrected chi connectivity index (χ4v) is 4.29. The van der Waals surface area contributed by atoms with Gasteiger partial charge in [-0.3, -0.25) is 4.79 Å². The van der Waals surface area contributed by atoms with E-state index in [1.807, 2.05) is 53.5 Å². The molecule has 0 spiro atoms. The summed E-state index contributed by atoms with van der Waals surface area (Å²) >= 11 is 3.25. The summed E-state index contributed by atoms with van der Waals surface area (Å²) in [6, 6.07) is 16.0. The van der Waals surface area contributed by atoms with Gasteiger partial charge in [0, 0.05) is 21.1 Å². The summed E-state index contributed by atoms with van der Waals surface area (Å²) in [7, 11) is 0. The van der Waals surface area contributed by atoms with Crippen molar-refractivity contribution in [2.75, 3.05) is 11.9 Å². The molecule has 0 atom stereocenters. The van der Waals surface area contributed by atoms with Crippen molar-refractivity contribution in [1.82, 2.24) is 4.98 Å². The molecule has 152 valence electrons. The zero-order chi connectivity index (χ0) is 20.6. The Morgan fingerprint density at radius 3 is 2.52 bits per heavy atom. The van der Waals surface area contributed by atoms with Gasteiger partial charge in [-0.1, -0.05) is 32.9 Å². The summed E-state index contributed by atoms with van der Waals surface area (Å²) < 4.78 is 5.61. The number of ether oxygens (including phenoxy) is 1. The van der Waals surface area contributed by atoms with Gasteiger partial charge in [0.1, 0.15) is 5.75 Å². The van der Waals surface area contributed by atoms with E-state index in [1.165, 1.54) is 16.2 Å². The molecule has 0 saturated heterocycles. The number of amides is 1. The van der Waals surface area contributed by atoms with E-state index in [1.54, 1.807) is 0 Å². The summed E-state index contributed by atoms with van der Waals surface area (Å²) in [5.41, 5.74) is 2.85. The summed E-state index contributed by atoms with van der Waals surface area (Å²) in [4.78, 5) is 18.1. The first kappa shape index (κ1) is 21.4. The zero-order valence-corrected chi connectivity index (χ0v) is 18.6. The Labute approximate surface area is 180 Å². The number of hydrogen-bond acceptors (Lipinski definition) is 5. The first-order valence-corrected chi connectivity index (χ1v) is 11.5. The minimum atomic E-state index is -0.0570. The van der Waals surface area contributed by atoms with Crippen LogP contribution in [0.25, 0.3) is 11.3 Å². The number of carbonyl (C=O) groups excluding carboxylic acids is 1. The summed E-state index contributed by atoms with van der Waals surface area (Å²) in [5, 5.41) is 6.02. The molecular formula is C23H26N2O2S2. The van der Waals surface area contributed by atoms with Crippen LogP contribution in [0.5, 0.6) is 5.75 Å². The van der Waals surface area contributed by atoms with Crippen LogP contribution >= 0.6 is 23.1 Å². The van der Waals surface area contributed by atoms with Gasteiger partial charge >= 0.3 is 0 Å². The summed E-state index contributed by atoms with van der Waals surface area (Å²) in [5.74, 6) is 0.802. The van der Waals surface area contributed by atoms with Crippen molar-refractivity contribution in [2.45, 2.75) is 43.8 Å². The lowest BCUT2D eigenvalue weighted by Crippen LogP contribution is -2.14. The third kappa shape index (κ3) is 6.61. The van der Waals surface area contributed by atoms with Gasteiger partial charge in [-0.2, -0.15) is 0 Å². The minimum absolute atomic E-state index is 0.0570. The van der Waals surface area contributed by atoms with Crippen LogP contribution in [0, 0.1) is 0 Å². The lowest BCUT2D eigenvalue weighted by atomic mass is 10.1. The second-order valence-corrected chi connectivity index (χ2v) is 9.45. The van der Waals surface area contributed by atoms with E-state index in [-0.39, 0.29) is 5.91 Å². The number of anilines is 1. The largest absolute Gasteiger partial charge is 0.494 e. The number of nitrogens with zero attached hydrogens (tertiary/aromatic N) is 1. The van der Waals surface area contributed by atoms with Crippen molar-refractivity contribution in [3.05, 3.63) is 59.5 Å². The maximum Gasteiger partial charge on any atom is 0.230 e. The highest BCUT2D eigenvalue weighted by Crippen LogP contribution is 2.27. The molecule has 4 nitrogen and oxygen atoms in total. The van der Waals surface area contributed by atoms with E-state index in [2.05, 4.69) is 43.2 Å². The quantitative estimate of drug-likeness (QED) is 0.409. The molecule has 0 bridgehead atoms. The lowest BCUT2D eigenvalue weighted by molar-refractivity contribution is -0.115. The minimum Gasteiger partial charge on any atom is -0.494 e. The van der Waals surface area contributed by atoms with Gasteiger partial charge in [0.25, 0.3) is 0 Å². The first-order chi connectivity index (χ1) is 14.0. The number of aromatic nitrogens is 1. The number of hydrogen-bond donors (Lipinski definition) is 1. The molecule has 3 aromatic rings. The third-order valence-electron chi connectivity index (χ3n) is 4.03. The smallest absolute Gasteiger partial charge is 0.230 e. The van der Waals surface area contributed by atoms with Crippen LogP contribution in [0.1, 0.15) is 32.8 Å². The molecule has 0 radical (unpaired) electrons. The van der Waals surface area contributed by atoms with Crippen molar-refractivity contribution in [1.29, 1.82) is 0 Å². The lowest BCUT2D eigenvalue weighted by Gasteiger charge is -2.06. The molecule has 1 heterocycles. The van der Waals surface area contributed by atoms with Gasteiger partial charge in [0.15, 0.2) is 5.13 Å².